The van der Waals surface area contributed by atoms with Crippen LogP contribution in [0.3, 0.4) is 0 Å². The van der Waals surface area contributed by atoms with E-state index in [9.17, 15) is 4.79 Å². The maximum Gasteiger partial charge on any atom is 0.234 e. The quantitative estimate of drug-likeness (QED) is 0.418. The van der Waals surface area contributed by atoms with Crippen LogP contribution in [0.5, 0.6) is 11.5 Å². The van der Waals surface area contributed by atoms with Gasteiger partial charge < -0.3 is 19.7 Å². The van der Waals surface area contributed by atoms with Gasteiger partial charge >= 0.3 is 0 Å². The average Bonchev–Trinajstić information content (AvgIpc) is 3.22. The Morgan fingerprint density at radius 3 is 2.97 bits per heavy atom. The molecule has 0 bridgehead atoms. The summed E-state index contributed by atoms with van der Waals surface area (Å²) in [5.74, 6) is 1.94. The maximum absolute atomic E-state index is 12.6. The van der Waals surface area contributed by atoms with Crippen LogP contribution in [-0.2, 0) is 4.79 Å². The summed E-state index contributed by atoms with van der Waals surface area (Å²) in [6.07, 6.45) is 3.95. The van der Waals surface area contributed by atoms with Gasteiger partial charge in [0.1, 0.15) is 27.6 Å². The van der Waals surface area contributed by atoms with Crippen LogP contribution in [0, 0.1) is 5.92 Å². The number of methoxy groups -OCH3 is 2. The summed E-state index contributed by atoms with van der Waals surface area (Å²) in [6.45, 7) is 4.31. The van der Waals surface area contributed by atoms with E-state index >= 15 is 0 Å². The molecule has 4 rings (SSSR count). The molecule has 0 aliphatic carbocycles. The Morgan fingerprint density at radius 2 is 2.19 bits per heavy atom. The van der Waals surface area contributed by atoms with Gasteiger partial charge in [-0.3, -0.25) is 4.79 Å². The molecule has 1 amide bonds. The highest BCUT2D eigenvalue weighted by molar-refractivity contribution is 8.00. The predicted octanol–water partition coefficient (Wildman–Crippen LogP) is 4.07. The standard InChI is InChI=1S/C21H25N5O3S2/c1-13-5-4-8-26(10-13)21-25-19-18(31-21)20(23-12-22-19)30-11-17(27)24-15-9-14(28-2)6-7-16(15)29-3/h6-7,9,12-13H,4-5,8,10-11H2,1-3H3,(H,24,27)/t13-/m1/s1. The zero-order chi connectivity index (χ0) is 21.8. The molecule has 1 aliphatic rings. The van der Waals surface area contributed by atoms with Crippen LogP contribution in [0.1, 0.15) is 19.8 Å². The van der Waals surface area contributed by atoms with Gasteiger partial charge in [0.05, 0.1) is 25.7 Å². The van der Waals surface area contributed by atoms with Crippen molar-refractivity contribution in [3.8, 4) is 11.5 Å². The summed E-state index contributed by atoms with van der Waals surface area (Å²) in [5.41, 5.74) is 1.25. The topological polar surface area (TPSA) is 89.5 Å². The van der Waals surface area contributed by atoms with E-state index in [1.807, 2.05) is 0 Å². The van der Waals surface area contributed by atoms with E-state index in [1.54, 1.807) is 43.8 Å². The molecule has 31 heavy (non-hydrogen) atoms. The Morgan fingerprint density at radius 1 is 1.32 bits per heavy atom. The first kappa shape index (κ1) is 21.6. The molecule has 0 saturated carbocycles. The summed E-state index contributed by atoms with van der Waals surface area (Å²) in [4.78, 5) is 28.4. The van der Waals surface area contributed by atoms with E-state index in [0.717, 1.165) is 27.9 Å². The van der Waals surface area contributed by atoms with Crippen LogP contribution in [0.15, 0.2) is 29.6 Å². The van der Waals surface area contributed by atoms with Crippen molar-refractivity contribution >= 4 is 50.2 Å². The van der Waals surface area contributed by atoms with Crippen molar-refractivity contribution < 1.29 is 14.3 Å². The average molecular weight is 460 g/mol. The number of carbonyl (C=O) groups excluding carboxylic acids is 1. The first-order chi connectivity index (χ1) is 15.1. The number of thiazole rings is 1. The minimum absolute atomic E-state index is 0.155. The molecule has 2 aromatic heterocycles. The largest absolute Gasteiger partial charge is 0.497 e. The molecule has 1 saturated heterocycles. The van der Waals surface area contributed by atoms with E-state index in [2.05, 4.69) is 27.1 Å². The number of rotatable bonds is 7. The van der Waals surface area contributed by atoms with Crippen LogP contribution < -0.4 is 19.7 Å². The predicted molar refractivity (Wildman–Crippen MR) is 125 cm³/mol. The number of piperidine rings is 1. The third-order valence-corrected chi connectivity index (χ3v) is 7.33. The second kappa shape index (κ2) is 9.69. The summed E-state index contributed by atoms with van der Waals surface area (Å²) >= 11 is 2.98. The molecule has 1 fully saturated rings. The molecular weight excluding hydrogens is 434 g/mol. The number of hydrogen-bond donors (Lipinski definition) is 1. The maximum atomic E-state index is 12.6. The van der Waals surface area contributed by atoms with Gasteiger partial charge in [-0.05, 0) is 30.9 Å². The SMILES string of the molecule is COc1ccc(OC)c(NC(=O)CSc2ncnc3nc(N4CCC[C@@H](C)C4)sc23)c1. The van der Waals surface area contributed by atoms with Crippen LogP contribution in [0.4, 0.5) is 10.8 Å². The van der Waals surface area contributed by atoms with Crippen LogP contribution in [0.2, 0.25) is 0 Å². The molecule has 10 heteroatoms. The molecule has 8 nitrogen and oxygen atoms in total. The molecule has 3 aromatic rings. The van der Waals surface area contributed by atoms with E-state index < -0.39 is 0 Å². The number of hydrogen-bond acceptors (Lipinski definition) is 9. The monoisotopic (exact) mass is 459 g/mol. The number of amides is 1. The van der Waals surface area contributed by atoms with Crippen LogP contribution >= 0.6 is 23.1 Å². The van der Waals surface area contributed by atoms with Gasteiger partial charge in [-0.1, -0.05) is 30.0 Å². The van der Waals surface area contributed by atoms with Gasteiger partial charge in [0.2, 0.25) is 5.91 Å². The van der Waals surface area contributed by atoms with Crippen LogP contribution in [0.25, 0.3) is 10.3 Å². The fourth-order valence-electron chi connectivity index (χ4n) is 3.56. The Bertz CT molecular complexity index is 1070. The van der Waals surface area contributed by atoms with E-state index in [-0.39, 0.29) is 11.7 Å². The Kier molecular flexibility index (Phi) is 6.77. The summed E-state index contributed by atoms with van der Waals surface area (Å²) in [6, 6.07) is 5.28. The highest BCUT2D eigenvalue weighted by Crippen LogP contribution is 2.35. The Balaban J connectivity index is 1.46. The minimum atomic E-state index is -0.155. The lowest BCUT2D eigenvalue weighted by molar-refractivity contribution is -0.113. The first-order valence-electron chi connectivity index (χ1n) is 10.1. The third kappa shape index (κ3) is 5.01. The lowest BCUT2D eigenvalue weighted by atomic mass is 10.0. The lowest BCUT2D eigenvalue weighted by Gasteiger charge is -2.30. The van der Waals surface area contributed by atoms with Crippen molar-refractivity contribution in [1.82, 2.24) is 15.0 Å². The number of carbonyl (C=O) groups is 1. The number of aromatic nitrogens is 3. The second-order valence-electron chi connectivity index (χ2n) is 7.42. The number of fused-ring (bicyclic) bond motifs is 1. The van der Waals surface area contributed by atoms with Gasteiger partial charge in [-0.2, -0.15) is 4.98 Å². The summed E-state index contributed by atoms with van der Waals surface area (Å²) in [7, 11) is 3.14. The fourth-order valence-corrected chi connectivity index (χ4v) is 5.48. The molecular formula is C21H25N5O3S2. The molecule has 164 valence electrons. The zero-order valence-electron chi connectivity index (χ0n) is 17.8. The highest BCUT2D eigenvalue weighted by Gasteiger charge is 2.21. The fraction of sp³-hybridized carbons (Fsp3) is 0.429. The van der Waals surface area contributed by atoms with E-state index in [1.165, 1.54) is 30.9 Å². The van der Waals surface area contributed by atoms with Gasteiger partial charge in [-0.15, -0.1) is 0 Å². The number of nitrogens with zero attached hydrogens (tertiary/aromatic N) is 4. The molecule has 1 N–H and O–H groups in total. The molecule has 1 aromatic carbocycles. The van der Waals surface area contributed by atoms with Gasteiger partial charge in [-0.25, -0.2) is 9.97 Å². The van der Waals surface area contributed by atoms with Gasteiger partial charge in [0.15, 0.2) is 10.8 Å². The van der Waals surface area contributed by atoms with Gasteiger partial charge in [0.25, 0.3) is 0 Å². The molecule has 3 heterocycles. The highest BCUT2D eigenvalue weighted by atomic mass is 32.2. The number of benzene rings is 1. The number of ether oxygens (including phenoxy) is 2. The van der Waals surface area contributed by atoms with Gasteiger partial charge in [0, 0.05) is 19.2 Å². The van der Waals surface area contributed by atoms with E-state index in [4.69, 9.17) is 14.5 Å². The number of anilines is 2. The number of nitrogens with one attached hydrogen (secondary N) is 1. The molecule has 0 unspecified atom stereocenters. The molecule has 0 spiro atoms. The second-order valence-corrected chi connectivity index (χ2v) is 9.37. The number of thioether (sulfide) groups is 1. The van der Waals surface area contributed by atoms with Crippen molar-refractivity contribution in [2.45, 2.75) is 24.8 Å². The molecule has 1 atom stereocenters. The van der Waals surface area contributed by atoms with Crippen molar-refractivity contribution in [2.75, 3.05) is 43.3 Å². The smallest absolute Gasteiger partial charge is 0.234 e. The molecule has 0 radical (unpaired) electrons. The van der Waals surface area contributed by atoms with Crippen molar-refractivity contribution in [3.05, 3.63) is 24.5 Å². The first-order valence-corrected chi connectivity index (χ1v) is 11.9. The lowest BCUT2D eigenvalue weighted by Crippen LogP contribution is -2.34. The Hall–Kier alpha value is -2.59. The third-order valence-electron chi connectivity index (χ3n) is 5.10. The van der Waals surface area contributed by atoms with E-state index in [0.29, 0.717) is 28.8 Å². The van der Waals surface area contributed by atoms with Crippen molar-refractivity contribution in [1.29, 1.82) is 0 Å². The normalized spacial score (nSPS) is 16.4. The van der Waals surface area contributed by atoms with Crippen molar-refractivity contribution in [2.24, 2.45) is 5.92 Å². The molecule has 1 aliphatic heterocycles. The Labute approximate surface area is 189 Å². The van der Waals surface area contributed by atoms with Crippen molar-refractivity contribution in [3.63, 3.8) is 0 Å². The van der Waals surface area contributed by atoms with Crippen LogP contribution in [-0.4, -0.2) is 53.9 Å². The summed E-state index contributed by atoms with van der Waals surface area (Å²) in [5, 5.41) is 4.64. The summed E-state index contributed by atoms with van der Waals surface area (Å²) < 4.78 is 11.5. The zero-order valence-corrected chi connectivity index (χ0v) is 19.4. The minimum Gasteiger partial charge on any atom is -0.497 e.